The van der Waals surface area contributed by atoms with Gasteiger partial charge >= 0.3 is 0 Å². The summed E-state index contributed by atoms with van der Waals surface area (Å²) in [5.74, 6) is 0. The molecule has 0 fully saturated rings. The summed E-state index contributed by atoms with van der Waals surface area (Å²) in [7, 11) is 0. The molecule has 0 aromatic heterocycles. The SMILES string of the molecule is CC(O)(COCCCN)c1ccccc1. The van der Waals surface area contributed by atoms with E-state index in [-0.39, 0.29) is 0 Å². The molecule has 1 aromatic carbocycles. The molecule has 3 heteroatoms. The Balaban J connectivity index is 2.45. The monoisotopic (exact) mass is 209 g/mol. The molecule has 84 valence electrons. The Hall–Kier alpha value is -0.900. The molecule has 0 aliphatic carbocycles. The third-order valence-electron chi connectivity index (χ3n) is 2.27. The van der Waals surface area contributed by atoms with E-state index in [0.717, 1.165) is 12.0 Å². The Bertz CT molecular complexity index is 272. The van der Waals surface area contributed by atoms with Crippen LogP contribution < -0.4 is 5.73 Å². The second kappa shape index (κ2) is 5.85. The Labute approximate surface area is 90.9 Å². The Morgan fingerprint density at radius 1 is 1.33 bits per heavy atom. The smallest absolute Gasteiger partial charge is 0.110 e. The molecule has 1 unspecified atom stereocenters. The van der Waals surface area contributed by atoms with Crippen molar-refractivity contribution in [1.29, 1.82) is 0 Å². The van der Waals surface area contributed by atoms with Crippen LogP contribution in [0, 0.1) is 0 Å². The number of rotatable bonds is 6. The molecule has 0 radical (unpaired) electrons. The Morgan fingerprint density at radius 2 is 2.00 bits per heavy atom. The van der Waals surface area contributed by atoms with Gasteiger partial charge in [-0.3, -0.25) is 0 Å². The highest BCUT2D eigenvalue weighted by molar-refractivity contribution is 5.21. The highest BCUT2D eigenvalue weighted by Gasteiger charge is 2.22. The molecular formula is C12H19NO2. The van der Waals surface area contributed by atoms with Crippen molar-refractivity contribution in [1.82, 2.24) is 0 Å². The number of nitrogens with two attached hydrogens (primary N) is 1. The van der Waals surface area contributed by atoms with Crippen LogP contribution in [0.2, 0.25) is 0 Å². The van der Waals surface area contributed by atoms with Gasteiger partial charge in [-0.2, -0.15) is 0 Å². The zero-order valence-corrected chi connectivity index (χ0v) is 9.15. The van der Waals surface area contributed by atoms with E-state index < -0.39 is 5.60 Å². The molecule has 1 aromatic rings. The molecule has 1 atom stereocenters. The van der Waals surface area contributed by atoms with E-state index in [1.165, 1.54) is 0 Å². The summed E-state index contributed by atoms with van der Waals surface area (Å²) in [6.07, 6.45) is 0.824. The lowest BCUT2D eigenvalue weighted by molar-refractivity contribution is -0.0378. The minimum absolute atomic E-state index is 0.303. The van der Waals surface area contributed by atoms with E-state index in [1.54, 1.807) is 6.92 Å². The van der Waals surface area contributed by atoms with Crippen LogP contribution in [0.4, 0.5) is 0 Å². The van der Waals surface area contributed by atoms with Crippen LogP contribution >= 0.6 is 0 Å². The predicted octanol–water partition coefficient (Wildman–Crippen LogP) is 1.26. The number of ether oxygens (including phenoxy) is 1. The molecule has 0 aliphatic rings. The summed E-state index contributed by atoms with van der Waals surface area (Å²) in [5, 5.41) is 10.1. The molecule has 3 N–H and O–H groups in total. The first-order chi connectivity index (χ1) is 7.17. The van der Waals surface area contributed by atoms with Crippen LogP contribution in [-0.2, 0) is 10.3 Å². The quantitative estimate of drug-likeness (QED) is 0.693. The number of benzene rings is 1. The van der Waals surface area contributed by atoms with Crippen LogP contribution in [0.3, 0.4) is 0 Å². The molecule has 0 aliphatic heterocycles. The molecule has 0 bridgehead atoms. The van der Waals surface area contributed by atoms with Gasteiger partial charge in [-0.1, -0.05) is 30.3 Å². The summed E-state index contributed by atoms with van der Waals surface area (Å²) in [6, 6.07) is 9.53. The van der Waals surface area contributed by atoms with Crippen LogP contribution in [0.15, 0.2) is 30.3 Å². The van der Waals surface area contributed by atoms with Gasteiger partial charge in [0, 0.05) is 6.61 Å². The molecule has 15 heavy (non-hydrogen) atoms. The lowest BCUT2D eigenvalue weighted by Crippen LogP contribution is -2.28. The van der Waals surface area contributed by atoms with Gasteiger partial charge in [0.1, 0.15) is 5.60 Å². The molecule has 3 nitrogen and oxygen atoms in total. The summed E-state index contributed by atoms with van der Waals surface area (Å²) >= 11 is 0. The van der Waals surface area contributed by atoms with E-state index in [0.29, 0.717) is 19.8 Å². The van der Waals surface area contributed by atoms with Gasteiger partial charge in [-0.15, -0.1) is 0 Å². The van der Waals surface area contributed by atoms with Gasteiger partial charge in [0.15, 0.2) is 0 Å². The fraction of sp³-hybridized carbons (Fsp3) is 0.500. The topological polar surface area (TPSA) is 55.5 Å². The first kappa shape index (κ1) is 12.2. The number of hydrogen-bond donors (Lipinski definition) is 2. The lowest BCUT2D eigenvalue weighted by Gasteiger charge is -2.23. The standard InChI is InChI=1S/C12H19NO2/c1-12(14,10-15-9-5-8-13)11-6-3-2-4-7-11/h2-4,6-7,14H,5,8-10,13H2,1H3. The fourth-order valence-electron chi connectivity index (χ4n) is 1.34. The van der Waals surface area contributed by atoms with Crippen molar-refractivity contribution in [2.45, 2.75) is 18.9 Å². The summed E-state index contributed by atoms with van der Waals surface area (Å²) < 4.78 is 5.36. The highest BCUT2D eigenvalue weighted by atomic mass is 16.5. The van der Waals surface area contributed by atoms with Crippen LogP contribution in [-0.4, -0.2) is 24.9 Å². The third-order valence-corrected chi connectivity index (χ3v) is 2.27. The van der Waals surface area contributed by atoms with Crippen LogP contribution in [0.1, 0.15) is 18.9 Å². The Morgan fingerprint density at radius 3 is 2.60 bits per heavy atom. The summed E-state index contributed by atoms with van der Waals surface area (Å²) in [4.78, 5) is 0. The number of hydrogen-bond acceptors (Lipinski definition) is 3. The highest BCUT2D eigenvalue weighted by Crippen LogP contribution is 2.20. The predicted molar refractivity (Wildman–Crippen MR) is 60.5 cm³/mol. The van der Waals surface area contributed by atoms with E-state index in [4.69, 9.17) is 10.5 Å². The van der Waals surface area contributed by atoms with Crippen LogP contribution in [0.25, 0.3) is 0 Å². The van der Waals surface area contributed by atoms with Gasteiger partial charge in [-0.25, -0.2) is 0 Å². The van der Waals surface area contributed by atoms with Crippen molar-refractivity contribution in [3.63, 3.8) is 0 Å². The lowest BCUT2D eigenvalue weighted by atomic mass is 9.97. The Kier molecular flexibility index (Phi) is 4.75. The maximum Gasteiger partial charge on any atom is 0.110 e. The molecule has 0 heterocycles. The first-order valence-corrected chi connectivity index (χ1v) is 5.22. The van der Waals surface area contributed by atoms with Crippen molar-refractivity contribution in [2.24, 2.45) is 5.73 Å². The molecular weight excluding hydrogens is 190 g/mol. The van der Waals surface area contributed by atoms with Crippen molar-refractivity contribution >= 4 is 0 Å². The molecule has 0 amide bonds. The minimum Gasteiger partial charge on any atom is -0.383 e. The number of aliphatic hydroxyl groups is 1. The van der Waals surface area contributed by atoms with Crippen molar-refractivity contribution < 1.29 is 9.84 Å². The van der Waals surface area contributed by atoms with E-state index in [9.17, 15) is 5.11 Å². The van der Waals surface area contributed by atoms with Crippen molar-refractivity contribution in [3.05, 3.63) is 35.9 Å². The third kappa shape index (κ3) is 4.00. The zero-order chi connectivity index (χ0) is 11.1. The van der Waals surface area contributed by atoms with Gasteiger partial charge in [0.05, 0.1) is 6.61 Å². The first-order valence-electron chi connectivity index (χ1n) is 5.22. The van der Waals surface area contributed by atoms with Gasteiger partial charge in [0.25, 0.3) is 0 Å². The van der Waals surface area contributed by atoms with Crippen molar-refractivity contribution in [3.8, 4) is 0 Å². The molecule has 1 rings (SSSR count). The van der Waals surface area contributed by atoms with Crippen molar-refractivity contribution in [2.75, 3.05) is 19.8 Å². The van der Waals surface area contributed by atoms with E-state index in [2.05, 4.69) is 0 Å². The second-order valence-corrected chi connectivity index (χ2v) is 3.83. The maximum absolute atomic E-state index is 10.1. The fourth-order valence-corrected chi connectivity index (χ4v) is 1.34. The largest absolute Gasteiger partial charge is 0.383 e. The zero-order valence-electron chi connectivity index (χ0n) is 9.15. The maximum atomic E-state index is 10.1. The second-order valence-electron chi connectivity index (χ2n) is 3.83. The van der Waals surface area contributed by atoms with Gasteiger partial charge in [0.2, 0.25) is 0 Å². The normalized spacial score (nSPS) is 14.9. The summed E-state index contributed by atoms with van der Waals surface area (Å²) in [6.45, 7) is 3.27. The van der Waals surface area contributed by atoms with Gasteiger partial charge in [-0.05, 0) is 25.5 Å². The average molecular weight is 209 g/mol. The van der Waals surface area contributed by atoms with Crippen LogP contribution in [0.5, 0.6) is 0 Å². The van der Waals surface area contributed by atoms with E-state index in [1.807, 2.05) is 30.3 Å². The van der Waals surface area contributed by atoms with E-state index >= 15 is 0 Å². The molecule has 0 spiro atoms. The van der Waals surface area contributed by atoms with Gasteiger partial charge < -0.3 is 15.6 Å². The average Bonchev–Trinajstić information content (AvgIpc) is 2.26. The minimum atomic E-state index is -0.921. The molecule has 0 saturated heterocycles. The molecule has 0 saturated carbocycles. The summed E-state index contributed by atoms with van der Waals surface area (Å²) in [5.41, 5.74) is 5.30.